The molecule has 0 bridgehead atoms. The summed E-state index contributed by atoms with van der Waals surface area (Å²) in [5.41, 5.74) is 1.39. The van der Waals surface area contributed by atoms with Crippen molar-refractivity contribution in [1.82, 2.24) is 16.0 Å². The Bertz CT molecular complexity index is 1200. The van der Waals surface area contributed by atoms with E-state index in [1.54, 1.807) is 31.4 Å². The second-order valence-corrected chi connectivity index (χ2v) is 11.0. The Morgan fingerprint density at radius 1 is 0.739 bits per heavy atom. The zero-order chi connectivity index (χ0) is 33.1. The third kappa shape index (κ3) is 12.4. The lowest BCUT2D eigenvalue weighted by Gasteiger charge is -2.33. The number of hydrogen-bond donors (Lipinski definition) is 6. The third-order valence-electron chi connectivity index (χ3n) is 7.66. The molecule has 0 radical (unpaired) electrons. The molecule has 1 aliphatic rings. The summed E-state index contributed by atoms with van der Waals surface area (Å²) in [6.07, 6.45) is 0.895. The fourth-order valence-corrected chi connectivity index (χ4v) is 5.33. The van der Waals surface area contributed by atoms with E-state index in [4.69, 9.17) is 24.4 Å². The maximum atomic E-state index is 13.8. The van der Waals surface area contributed by atoms with Gasteiger partial charge in [-0.05, 0) is 49.1 Å². The molecule has 1 aliphatic carbocycles. The van der Waals surface area contributed by atoms with Gasteiger partial charge in [-0.3, -0.25) is 19.2 Å². The van der Waals surface area contributed by atoms with E-state index in [9.17, 15) is 19.2 Å². The Morgan fingerprint density at radius 3 is 1.76 bits per heavy atom. The summed E-state index contributed by atoms with van der Waals surface area (Å²) in [7, 11) is 1.55. The molecule has 46 heavy (non-hydrogen) atoms. The van der Waals surface area contributed by atoms with Gasteiger partial charge < -0.3 is 45.7 Å². The molecule has 13 heteroatoms. The van der Waals surface area contributed by atoms with Gasteiger partial charge in [-0.1, -0.05) is 30.3 Å². The number of rotatable bonds is 19. The lowest BCUT2D eigenvalue weighted by molar-refractivity contribution is -0.136. The van der Waals surface area contributed by atoms with E-state index >= 15 is 0 Å². The molecule has 1 fully saturated rings. The van der Waals surface area contributed by atoms with Crippen LogP contribution >= 0.6 is 0 Å². The zero-order valence-corrected chi connectivity index (χ0v) is 26.2. The van der Waals surface area contributed by atoms with Crippen molar-refractivity contribution in [2.75, 3.05) is 65.2 Å². The molecule has 1 saturated carbocycles. The van der Waals surface area contributed by atoms with Gasteiger partial charge in [0.25, 0.3) is 0 Å². The molecule has 252 valence electrons. The van der Waals surface area contributed by atoms with Crippen molar-refractivity contribution in [3.8, 4) is 5.75 Å². The van der Waals surface area contributed by atoms with Crippen LogP contribution in [0.1, 0.15) is 24.8 Å². The van der Waals surface area contributed by atoms with E-state index in [0.29, 0.717) is 11.4 Å². The van der Waals surface area contributed by atoms with Gasteiger partial charge in [-0.15, -0.1) is 0 Å². The second-order valence-electron chi connectivity index (χ2n) is 11.0. The van der Waals surface area contributed by atoms with E-state index < -0.39 is 35.6 Å². The molecule has 0 aliphatic heterocycles. The molecule has 0 spiro atoms. The van der Waals surface area contributed by atoms with Crippen molar-refractivity contribution in [3.05, 3.63) is 60.2 Å². The number of methoxy groups -OCH3 is 1. The van der Waals surface area contributed by atoms with E-state index in [2.05, 4.69) is 21.3 Å². The molecule has 2 aromatic rings. The van der Waals surface area contributed by atoms with Crippen molar-refractivity contribution < 1.29 is 43.6 Å². The summed E-state index contributed by atoms with van der Waals surface area (Å²) in [5.74, 6) is -2.74. The van der Waals surface area contributed by atoms with Gasteiger partial charge in [0, 0.05) is 43.0 Å². The molecule has 6 N–H and O–H groups in total. The Morgan fingerprint density at radius 2 is 1.26 bits per heavy atom. The maximum Gasteiger partial charge on any atom is 0.247 e. The molecule has 4 amide bonds. The summed E-state index contributed by atoms with van der Waals surface area (Å²) < 4.78 is 15.6. The summed E-state index contributed by atoms with van der Waals surface area (Å²) in [6.45, 7) is 0.920. The fourth-order valence-electron chi connectivity index (χ4n) is 5.33. The summed E-state index contributed by atoms with van der Waals surface area (Å²) in [6, 6.07) is 15.2. The van der Waals surface area contributed by atoms with Gasteiger partial charge in [-0.2, -0.15) is 0 Å². The Labute approximate surface area is 269 Å². The van der Waals surface area contributed by atoms with Crippen LogP contribution in [0.3, 0.4) is 0 Å². The van der Waals surface area contributed by atoms with Gasteiger partial charge in [-0.25, -0.2) is 0 Å². The van der Waals surface area contributed by atoms with Gasteiger partial charge >= 0.3 is 0 Å². The summed E-state index contributed by atoms with van der Waals surface area (Å²) >= 11 is 0. The highest BCUT2D eigenvalue weighted by Gasteiger charge is 2.39. The van der Waals surface area contributed by atoms with Crippen molar-refractivity contribution in [2.24, 2.45) is 17.8 Å². The van der Waals surface area contributed by atoms with Crippen LogP contribution in [0.5, 0.6) is 5.75 Å². The minimum Gasteiger partial charge on any atom is -0.497 e. The third-order valence-corrected chi connectivity index (χ3v) is 7.66. The van der Waals surface area contributed by atoms with E-state index in [0.717, 1.165) is 5.56 Å². The lowest BCUT2D eigenvalue weighted by atomic mass is 9.74. The number of aliphatic hydroxyl groups is 2. The van der Waals surface area contributed by atoms with Gasteiger partial charge in [0.2, 0.25) is 23.6 Å². The Kier molecular flexibility index (Phi) is 16.0. The first-order valence-electron chi connectivity index (χ1n) is 15.6. The Balaban J connectivity index is 1.73. The van der Waals surface area contributed by atoms with Crippen LogP contribution in [0.25, 0.3) is 0 Å². The molecule has 0 unspecified atom stereocenters. The zero-order valence-electron chi connectivity index (χ0n) is 26.2. The highest BCUT2D eigenvalue weighted by atomic mass is 16.5. The van der Waals surface area contributed by atoms with E-state index in [1.165, 1.54) is 0 Å². The van der Waals surface area contributed by atoms with Crippen LogP contribution in [0.4, 0.5) is 5.69 Å². The van der Waals surface area contributed by atoms with Crippen molar-refractivity contribution >= 4 is 29.3 Å². The smallest absolute Gasteiger partial charge is 0.247 e. The molecule has 0 saturated heterocycles. The first-order chi connectivity index (χ1) is 22.3. The number of ether oxygens (including phenoxy) is 3. The maximum absolute atomic E-state index is 13.8. The predicted molar refractivity (Wildman–Crippen MR) is 170 cm³/mol. The number of amides is 4. The van der Waals surface area contributed by atoms with Crippen molar-refractivity contribution in [2.45, 2.75) is 31.7 Å². The van der Waals surface area contributed by atoms with Crippen LogP contribution in [-0.2, 0) is 35.1 Å². The number of aliphatic hydroxyl groups excluding tert-OH is 2. The first kappa shape index (κ1) is 36.4. The van der Waals surface area contributed by atoms with Crippen LogP contribution in [0, 0.1) is 17.8 Å². The highest BCUT2D eigenvalue weighted by molar-refractivity contribution is 5.98. The van der Waals surface area contributed by atoms with Gasteiger partial charge in [0.15, 0.2) is 0 Å². The van der Waals surface area contributed by atoms with Crippen LogP contribution in [0.15, 0.2) is 54.6 Å². The highest BCUT2D eigenvalue weighted by Crippen LogP contribution is 2.34. The molecular weight excluding hydrogens is 596 g/mol. The van der Waals surface area contributed by atoms with Crippen LogP contribution < -0.4 is 26.0 Å². The minimum absolute atomic E-state index is 0.126. The lowest BCUT2D eigenvalue weighted by Crippen LogP contribution is -2.50. The number of carbonyl (C=O) groups is 4. The standard InChI is InChI=1S/C33H46N4O9/c1-44-28-9-7-27(8-10-28)36-33(43)29(19-23-5-3-2-4-6-23)37-32(42)26-21-24(30(40)34-11-15-45-17-13-38)20-25(22-26)31(41)35-12-16-46-18-14-39/h2-10,24-26,29,38-39H,11-22H2,1H3,(H,34,40)(H,35,41)(H,36,43)(H,37,42)/t24-,25+,26-,29-/m0/s1. The molecular formula is C33H46N4O9. The average Bonchev–Trinajstić information content (AvgIpc) is 3.08. The molecule has 4 atom stereocenters. The SMILES string of the molecule is COc1ccc(NC(=O)[C@H](Cc2ccccc2)NC(=O)[C@@H]2C[C@H](C(=O)NCCOCCO)C[C@H](C(=O)NCCOCCO)C2)cc1. The molecule has 13 nitrogen and oxygen atoms in total. The quantitative estimate of drug-likeness (QED) is 0.120. The van der Waals surface area contributed by atoms with Gasteiger partial charge in [0.1, 0.15) is 11.8 Å². The minimum atomic E-state index is -0.925. The van der Waals surface area contributed by atoms with Gasteiger partial charge in [0.05, 0.1) is 46.8 Å². The first-order valence-corrected chi connectivity index (χ1v) is 15.6. The Hall–Kier alpha value is -4.04. The largest absolute Gasteiger partial charge is 0.497 e. The number of carbonyl (C=O) groups excluding carboxylic acids is 4. The number of benzene rings is 2. The van der Waals surface area contributed by atoms with Crippen molar-refractivity contribution in [1.29, 1.82) is 0 Å². The number of nitrogens with one attached hydrogen (secondary N) is 4. The molecule has 2 aromatic carbocycles. The predicted octanol–water partition coefficient (Wildman–Crippen LogP) is 0.644. The normalized spacial score (nSPS) is 18.2. The second kappa shape index (κ2) is 20.2. The molecule has 0 heterocycles. The molecule has 3 rings (SSSR count). The monoisotopic (exact) mass is 642 g/mol. The van der Waals surface area contributed by atoms with Crippen molar-refractivity contribution in [3.63, 3.8) is 0 Å². The molecule has 0 aromatic heterocycles. The van der Waals surface area contributed by atoms with Crippen LogP contribution in [-0.4, -0.2) is 99.7 Å². The summed E-state index contributed by atoms with van der Waals surface area (Å²) in [5, 5.41) is 29.1. The van der Waals surface area contributed by atoms with E-state index in [1.807, 2.05) is 30.3 Å². The summed E-state index contributed by atoms with van der Waals surface area (Å²) in [4.78, 5) is 53.5. The number of hydrogen-bond acceptors (Lipinski definition) is 9. The number of anilines is 1. The van der Waals surface area contributed by atoms with E-state index in [-0.39, 0.29) is 90.2 Å². The fraction of sp³-hybridized carbons (Fsp3) is 0.515. The van der Waals surface area contributed by atoms with Crippen LogP contribution in [0.2, 0.25) is 0 Å². The topological polar surface area (TPSA) is 185 Å². The average molecular weight is 643 g/mol.